The Balaban J connectivity index is 2.26. The summed E-state index contributed by atoms with van der Waals surface area (Å²) >= 11 is 0. The van der Waals surface area contributed by atoms with Crippen molar-refractivity contribution in [3.8, 4) is 0 Å². The first-order valence-corrected chi connectivity index (χ1v) is 10.4. The van der Waals surface area contributed by atoms with Crippen molar-refractivity contribution in [2.45, 2.75) is 13.5 Å². The summed E-state index contributed by atoms with van der Waals surface area (Å²) in [6.07, 6.45) is 1.00. The van der Waals surface area contributed by atoms with E-state index in [-0.39, 0.29) is 23.7 Å². The fraction of sp³-hybridized carbons (Fsp3) is 0.263. The highest BCUT2D eigenvalue weighted by Gasteiger charge is 2.15. The molecule has 2 aromatic carbocycles. The van der Waals surface area contributed by atoms with Gasteiger partial charge in [0.25, 0.3) is 5.91 Å². The van der Waals surface area contributed by atoms with Crippen LogP contribution >= 0.6 is 0 Å². The Hall–Kier alpha value is -3.07. The van der Waals surface area contributed by atoms with E-state index >= 15 is 0 Å². The van der Waals surface area contributed by atoms with E-state index < -0.39 is 15.9 Å². The van der Waals surface area contributed by atoms with E-state index in [0.29, 0.717) is 5.69 Å². The van der Waals surface area contributed by atoms with Gasteiger partial charge in [0.2, 0.25) is 15.9 Å². The van der Waals surface area contributed by atoms with E-state index in [1.54, 1.807) is 0 Å². The van der Waals surface area contributed by atoms with Gasteiger partial charge >= 0.3 is 0 Å². The van der Waals surface area contributed by atoms with Crippen LogP contribution in [-0.2, 0) is 21.4 Å². The molecule has 150 valence electrons. The summed E-state index contributed by atoms with van der Waals surface area (Å²) in [6, 6.07) is 12.1. The first-order chi connectivity index (χ1) is 13.0. The molecule has 0 saturated carbocycles. The van der Waals surface area contributed by atoms with Crippen molar-refractivity contribution in [3.05, 3.63) is 53.6 Å². The van der Waals surface area contributed by atoms with Crippen molar-refractivity contribution in [3.63, 3.8) is 0 Å². The van der Waals surface area contributed by atoms with Gasteiger partial charge in [-0.05, 0) is 35.9 Å². The SMILES string of the molecule is CC(=O)Nc1ccc(NS(C)(=O)=O)c(C(=O)NCc2cccc(N(C)C)c2)c1. The Kier molecular flexibility index (Phi) is 6.63. The summed E-state index contributed by atoms with van der Waals surface area (Å²) in [6.45, 7) is 1.61. The average Bonchev–Trinajstić information content (AvgIpc) is 2.59. The Morgan fingerprint density at radius 3 is 2.39 bits per heavy atom. The van der Waals surface area contributed by atoms with Gasteiger partial charge in [0.15, 0.2) is 0 Å². The quantitative estimate of drug-likeness (QED) is 0.654. The fourth-order valence-electron chi connectivity index (χ4n) is 2.52. The lowest BCUT2D eigenvalue weighted by molar-refractivity contribution is -0.114. The van der Waals surface area contributed by atoms with Crippen LogP contribution in [0.1, 0.15) is 22.8 Å². The van der Waals surface area contributed by atoms with Crippen LogP contribution in [0.25, 0.3) is 0 Å². The maximum Gasteiger partial charge on any atom is 0.253 e. The Bertz CT molecular complexity index is 987. The van der Waals surface area contributed by atoms with E-state index in [1.165, 1.54) is 25.1 Å². The standard InChI is InChI=1S/C19H24N4O4S/c1-13(24)21-15-8-9-18(22-28(4,26)27)17(11-15)19(25)20-12-14-6-5-7-16(10-14)23(2)3/h5-11,22H,12H2,1-4H3,(H,20,25)(H,21,24). The molecule has 0 aliphatic rings. The molecule has 0 heterocycles. The second-order valence-electron chi connectivity index (χ2n) is 6.56. The van der Waals surface area contributed by atoms with Gasteiger partial charge in [0, 0.05) is 38.9 Å². The Morgan fingerprint density at radius 2 is 1.79 bits per heavy atom. The maximum absolute atomic E-state index is 12.7. The van der Waals surface area contributed by atoms with Crippen LogP contribution in [0, 0.1) is 0 Å². The van der Waals surface area contributed by atoms with Gasteiger partial charge in [-0.3, -0.25) is 14.3 Å². The molecule has 3 N–H and O–H groups in total. The summed E-state index contributed by atoms with van der Waals surface area (Å²) in [5, 5.41) is 5.37. The number of anilines is 3. The van der Waals surface area contributed by atoms with E-state index in [0.717, 1.165) is 17.5 Å². The molecule has 0 atom stereocenters. The highest BCUT2D eigenvalue weighted by molar-refractivity contribution is 7.92. The molecule has 0 aliphatic heterocycles. The van der Waals surface area contributed by atoms with E-state index in [4.69, 9.17) is 0 Å². The van der Waals surface area contributed by atoms with Gasteiger partial charge in [-0.15, -0.1) is 0 Å². The van der Waals surface area contributed by atoms with E-state index in [2.05, 4.69) is 15.4 Å². The monoisotopic (exact) mass is 404 g/mol. The number of sulfonamides is 1. The summed E-state index contributed by atoms with van der Waals surface area (Å²) < 4.78 is 25.5. The average molecular weight is 404 g/mol. The molecule has 0 aliphatic carbocycles. The van der Waals surface area contributed by atoms with Crippen LogP contribution in [0.4, 0.5) is 17.1 Å². The van der Waals surface area contributed by atoms with E-state index in [1.807, 2.05) is 43.3 Å². The van der Waals surface area contributed by atoms with Crippen molar-refractivity contribution < 1.29 is 18.0 Å². The zero-order valence-corrected chi connectivity index (χ0v) is 17.1. The van der Waals surface area contributed by atoms with Gasteiger partial charge in [-0.1, -0.05) is 12.1 Å². The number of carbonyl (C=O) groups excluding carboxylic acids is 2. The number of hydrogen-bond acceptors (Lipinski definition) is 5. The number of amides is 2. The Labute approximate surface area is 165 Å². The van der Waals surface area contributed by atoms with Crippen molar-refractivity contribution in [2.24, 2.45) is 0 Å². The van der Waals surface area contributed by atoms with Gasteiger partial charge in [-0.25, -0.2) is 8.42 Å². The van der Waals surface area contributed by atoms with Crippen LogP contribution < -0.4 is 20.3 Å². The highest BCUT2D eigenvalue weighted by atomic mass is 32.2. The van der Waals surface area contributed by atoms with Crippen molar-refractivity contribution in [1.29, 1.82) is 0 Å². The van der Waals surface area contributed by atoms with Gasteiger partial charge in [0.1, 0.15) is 0 Å². The summed E-state index contributed by atoms with van der Waals surface area (Å²) in [5.41, 5.74) is 2.54. The lowest BCUT2D eigenvalue weighted by Crippen LogP contribution is -2.25. The molecular formula is C19H24N4O4S. The largest absolute Gasteiger partial charge is 0.378 e. The normalized spacial score (nSPS) is 10.9. The summed E-state index contributed by atoms with van der Waals surface area (Å²) in [7, 11) is 0.276. The van der Waals surface area contributed by atoms with Gasteiger partial charge in [0.05, 0.1) is 17.5 Å². The van der Waals surface area contributed by atoms with Crippen LogP contribution in [0.3, 0.4) is 0 Å². The lowest BCUT2D eigenvalue weighted by atomic mass is 10.1. The number of nitrogens with zero attached hydrogens (tertiary/aromatic N) is 1. The van der Waals surface area contributed by atoms with Crippen LogP contribution in [-0.4, -0.2) is 40.6 Å². The third-order valence-electron chi connectivity index (χ3n) is 3.76. The molecule has 2 rings (SSSR count). The molecule has 2 aromatic rings. The molecule has 0 saturated heterocycles. The van der Waals surface area contributed by atoms with Crippen LogP contribution in [0.2, 0.25) is 0 Å². The first kappa shape index (κ1) is 21.2. The molecule has 28 heavy (non-hydrogen) atoms. The number of hydrogen-bond donors (Lipinski definition) is 3. The second kappa shape index (κ2) is 8.75. The fourth-order valence-corrected chi connectivity index (χ4v) is 3.10. The molecule has 0 bridgehead atoms. The lowest BCUT2D eigenvalue weighted by Gasteiger charge is -2.15. The van der Waals surface area contributed by atoms with E-state index in [9.17, 15) is 18.0 Å². The van der Waals surface area contributed by atoms with Gasteiger partial charge < -0.3 is 15.5 Å². The third kappa shape index (κ3) is 6.27. The minimum atomic E-state index is -3.57. The number of carbonyl (C=O) groups is 2. The molecule has 0 radical (unpaired) electrons. The van der Waals surface area contributed by atoms with Crippen molar-refractivity contribution in [1.82, 2.24) is 5.32 Å². The number of benzene rings is 2. The third-order valence-corrected chi connectivity index (χ3v) is 4.35. The molecule has 0 spiro atoms. The zero-order chi connectivity index (χ0) is 20.9. The Morgan fingerprint density at radius 1 is 1.07 bits per heavy atom. The first-order valence-electron chi connectivity index (χ1n) is 8.49. The number of rotatable bonds is 7. The molecule has 0 fully saturated rings. The van der Waals surface area contributed by atoms with Gasteiger partial charge in [-0.2, -0.15) is 0 Å². The molecule has 2 amide bonds. The molecule has 9 heteroatoms. The minimum Gasteiger partial charge on any atom is -0.378 e. The summed E-state index contributed by atoms with van der Waals surface area (Å²) in [5.74, 6) is -0.760. The predicted octanol–water partition coefficient (Wildman–Crippen LogP) is 2.01. The predicted molar refractivity (Wildman–Crippen MR) is 111 cm³/mol. The summed E-state index contributed by atoms with van der Waals surface area (Å²) in [4.78, 5) is 25.9. The van der Waals surface area contributed by atoms with Crippen LogP contribution in [0.15, 0.2) is 42.5 Å². The van der Waals surface area contributed by atoms with Crippen LogP contribution in [0.5, 0.6) is 0 Å². The minimum absolute atomic E-state index is 0.112. The second-order valence-corrected chi connectivity index (χ2v) is 8.31. The molecule has 8 nitrogen and oxygen atoms in total. The van der Waals surface area contributed by atoms with Crippen molar-refractivity contribution in [2.75, 3.05) is 35.3 Å². The highest BCUT2D eigenvalue weighted by Crippen LogP contribution is 2.22. The smallest absolute Gasteiger partial charge is 0.253 e. The molecule has 0 aromatic heterocycles. The molecule has 0 unspecified atom stereocenters. The molecular weight excluding hydrogens is 380 g/mol. The topological polar surface area (TPSA) is 108 Å². The zero-order valence-electron chi connectivity index (χ0n) is 16.2. The maximum atomic E-state index is 12.7. The number of nitrogens with one attached hydrogen (secondary N) is 3. The van der Waals surface area contributed by atoms with Crippen molar-refractivity contribution >= 4 is 38.9 Å².